The van der Waals surface area contributed by atoms with Crippen LogP contribution in [0.5, 0.6) is 0 Å². The van der Waals surface area contributed by atoms with Crippen LogP contribution in [0.25, 0.3) is 0 Å². The monoisotopic (exact) mass is 244 g/mol. The van der Waals surface area contributed by atoms with E-state index >= 15 is 0 Å². The van der Waals surface area contributed by atoms with Crippen LogP contribution < -0.4 is 0 Å². The molecule has 0 aromatic heterocycles. The van der Waals surface area contributed by atoms with Crippen LogP contribution in [0.3, 0.4) is 0 Å². The lowest BCUT2D eigenvalue weighted by atomic mass is 10.2. The minimum Gasteiger partial charge on any atom is -0.207 e. The van der Waals surface area contributed by atoms with Gasteiger partial charge in [0.15, 0.2) is 0 Å². The van der Waals surface area contributed by atoms with E-state index in [1.807, 2.05) is 0 Å². The number of benzene rings is 1. The van der Waals surface area contributed by atoms with Crippen LogP contribution in [0.2, 0.25) is 0 Å². The predicted molar refractivity (Wildman–Crippen MR) is 54.8 cm³/mol. The van der Waals surface area contributed by atoms with Gasteiger partial charge in [-0.05, 0) is 34.1 Å². The Kier molecular flexibility index (Phi) is 3.64. The zero-order chi connectivity index (χ0) is 8.97. The molecule has 0 saturated carbocycles. The molecule has 0 heterocycles. The first-order valence-corrected chi connectivity index (χ1v) is 4.71. The summed E-state index contributed by atoms with van der Waals surface area (Å²) in [6, 6.07) is 4.41. The zero-order valence-corrected chi connectivity index (χ0v) is 8.62. The summed E-state index contributed by atoms with van der Waals surface area (Å²) in [6.45, 7) is 0. The fourth-order valence-corrected chi connectivity index (χ4v) is 1.15. The molecular weight excluding hydrogens is 239 g/mol. The quantitative estimate of drug-likeness (QED) is 0.527. The third-order valence-electron chi connectivity index (χ3n) is 1.23. The number of halogens is 2. The van der Waals surface area contributed by atoms with Crippen LogP contribution in [0.1, 0.15) is 5.56 Å². The van der Waals surface area contributed by atoms with Crippen LogP contribution >= 0.6 is 28.6 Å². The first-order valence-electron chi connectivity index (χ1n) is 3.29. The van der Waals surface area contributed by atoms with Gasteiger partial charge in [-0.25, -0.2) is 4.39 Å². The molecule has 0 saturated heterocycles. The fraction of sp³-hybridized carbons (Fsp3) is 0.111. The molecule has 1 aromatic rings. The summed E-state index contributed by atoms with van der Waals surface area (Å²) >= 11 is 7.19. The lowest BCUT2D eigenvalue weighted by Gasteiger charge is -1.94. The Morgan fingerprint density at radius 2 is 2.25 bits per heavy atom. The molecule has 62 valence electrons. The van der Waals surface area contributed by atoms with Crippen molar-refractivity contribution in [3.8, 4) is 11.8 Å². The van der Waals surface area contributed by atoms with Crippen molar-refractivity contribution in [2.24, 2.45) is 0 Å². The average Bonchev–Trinajstić information content (AvgIpc) is 2.07. The van der Waals surface area contributed by atoms with E-state index in [4.69, 9.17) is 0 Å². The number of hydrogen-bond acceptors (Lipinski definition) is 1. The first-order chi connectivity index (χ1) is 5.74. The molecule has 0 aliphatic carbocycles. The third-order valence-corrected chi connectivity index (χ3v) is 2.08. The van der Waals surface area contributed by atoms with Crippen LogP contribution in [-0.4, -0.2) is 5.75 Å². The molecule has 12 heavy (non-hydrogen) atoms. The molecule has 1 aromatic carbocycles. The Morgan fingerprint density at radius 3 is 2.92 bits per heavy atom. The Morgan fingerprint density at radius 1 is 1.50 bits per heavy atom. The second kappa shape index (κ2) is 4.54. The molecule has 0 spiro atoms. The topological polar surface area (TPSA) is 0 Å². The van der Waals surface area contributed by atoms with E-state index in [-0.39, 0.29) is 5.82 Å². The maximum absolute atomic E-state index is 12.7. The maximum atomic E-state index is 12.7. The minimum absolute atomic E-state index is 0.276. The average molecular weight is 245 g/mol. The molecule has 0 aliphatic rings. The standard InChI is InChI=1S/C9H6BrFS/c10-9-4-3-8(11)6-7(9)2-1-5-12/h3-4,6,12H,5H2. The Balaban J connectivity index is 3.05. The second-order valence-electron chi connectivity index (χ2n) is 2.08. The van der Waals surface area contributed by atoms with Crippen molar-refractivity contribution in [1.29, 1.82) is 0 Å². The molecule has 0 radical (unpaired) electrons. The highest BCUT2D eigenvalue weighted by Crippen LogP contribution is 2.16. The van der Waals surface area contributed by atoms with E-state index in [1.165, 1.54) is 12.1 Å². The normalized spacial score (nSPS) is 8.92. The molecule has 0 fully saturated rings. The van der Waals surface area contributed by atoms with Crippen molar-refractivity contribution >= 4 is 28.6 Å². The van der Waals surface area contributed by atoms with Gasteiger partial charge in [0, 0.05) is 10.0 Å². The van der Waals surface area contributed by atoms with Gasteiger partial charge < -0.3 is 0 Å². The van der Waals surface area contributed by atoms with Crippen molar-refractivity contribution < 1.29 is 4.39 Å². The molecule has 0 bridgehead atoms. The van der Waals surface area contributed by atoms with Gasteiger partial charge >= 0.3 is 0 Å². The van der Waals surface area contributed by atoms with Crippen molar-refractivity contribution in [2.75, 3.05) is 5.75 Å². The summed E-state index contributed by atoms with van der Waals surface area (Å²) < 4.78 is 13.5. The SMILES string of the molecule is Fc1ccc(Br)c(C#CCS)c1. The molecular formula is C9H6BrFS. The summed E-state index contributed by atoms with van der Waals surface area (Å²) in [4.78, 5) is 0. The summed E-state index contributed by atoms with van der Waals surface area (Å²) in [6.07, 6.45) is 0. The Labute approximate surface area is 84.7 Å². The second-order valence-corrected chi connectivity index (χ2v) is 3.25. The van der Waals surface area contributed by atoms with Crippen LogP contribution in [0, 0.1) is 17.7 Å². The number of hydrogen-bond donors (Lipinski definition) is 1. The zero-order valence-electron chi connectivity index (χ0n) is 6.14. The minimum atomic E-state index is -0.276. The fourth-order valence-electron chi connectivity index (χ4n) is 0.728. The van der Waals surface area contributed by atoms with E-state index < -0.39 is 0 Å². The molecule has 0 unspecified atom stereocenters. The third kappa shape index (κ3) is 2.54. The number of rotatable bonds is 0. The molecule has 0 N–H and O–H groups in total. The van der Waals surface area contributed by atoms with Crippen LogP contribution in [0.15, 0.2) is 22.7 Å². The van der Waals surface area contributed by atoms with Crippen molar-refractivity contribution in [3.63, 3.8) is 0 Å². The first kappa shape index (κ1) is 9.63. The van der Waals surface area contributed by atoms with Crippen molar-refractivity contribution in [1.82, 2.24) is 0 Å². The smallest absolute Gasteiger partial charge is 0.124 e. The Bertz CT molecular complexity index is 338. The molecule has 0 nitrogen and oxygen atoms in total. The molecule has 3 heteroatoms. The lowest BCUT2D eigenvalue weighted by Crippen LogP contribution is -1.80. The van der Waals surface area contributed by atoms with E-state index in [9.17, 15) is 4.39 Å². The molecule has 1 rings (SSSR count). The van der Waals surface area contributed by atoms with Gasteiger partial charge in [-0.1, -0.05) is 11.8 Å². The van der Waals surface area contributed by atoms with Crippen LogP contribution in [-0.2, 0) is 0 Å². The van der Waals surface area contributed by atoms with Crippen LogP contribution in [0.4, 0.5) is 4.39 Å². The van der Waals surface area contributed by atoms with Gasteiger partial charge in [0.2, 0.25) is 0 Å². The molecule has 0 atom stereocenters. The highest BCUT2D eigenvalue weighted by Gasteiger charge is 1.96. The van der Waals surface area contributed by atoms with Gasteiger partial charge in [0.25, 0.3) is 0 Å². The summed E-state index contributed by atoms with van der Waals surface area (Å²) in [5.74, 6) is 5.74. The van der Waals surface area contributed by atoms with Crippen molar-refractivity contribution in [3.05, 3.63) is 34.1 Å². The van der Waals surface area contributed by atoms with E-state index in [2.05, 4.69) is 40.4 Å². The van der Waals surface area contributed by atoms with Crippen molar-refractivity contribution in [2.45, 2.75) is 0 Å². The van der Waals surface area contributed by atoms with E-state index in [1.54, 1.807) is 6.07 Å². The maximum Gasteiger partial charge on any atom is 0.124 e. The molecule has 0 aliphatic heterocycles. The van der Waals surface area contributed by atoms with E-state index in [0.717, 1.165) is 4.47 Å². The van der Waals surface area contributed by atoms with E-state index in [0.29, 0.717) is 11.3 Å². The highest BCUT2D eigenvalue weighted by atomic mass is 79.9. The summed E-state index contributed by atoms with van der Waals surface area (Å²) in [5, 5.41) is 0. The summed E-state index contributed by atoms with van der Waals surface area (Å²) in [7, 11) is 0. The lowest BCUT2D eigenvalue weighted by molar-refractivity contribution is 0.627. The van der Waals surface area contributed by atoms with Gasteiger partial charge in [0.05, 0.1) is 5.75 Å². The van der Waals surface area contributed by atoms with Gasteiger partial charge in [-0.3, -0.25) is 0 Å². The highest BCUT2D eigenvalue weighted by molar-refractivity contribution is 9.10. The predicted octanol–water partition coefficient (Wildman–Crippen LogP) is 2.87. The van der Waals surface area contributed by atoms with Gasteiger partial charge in [-0.2, -0.15) is 12.6 Å². The molecule has 0 amide bonds. The largest absolute Gasteiger partial charge is 0.207 e. The summed E-state index contributed by atoms with van der Waals surface area (Å²) in [5.41, 5.74) is 0.657. The van der Waals surface area contributed by atoms with Gasteiger partial charge in [-0.15, -0.1) is 0 Å². The Hall–Kier alpha value is -0.460. The van der Waals surface area contributed by atoms with Gasteiger partial charge in [0.1, 0.15) is 5.82 Å². The number of thiol groups is 1.